The van der Waals surface area contributed by atoms with E-state index in [9.17, 15) is 10.1 Å². The number of ether oxygens (including phenoxy) is 1. The quantitative estimate of drug-likeness (QED) is 0.307. The lowest BCUT2D eigenvalue weighted by atomic mass is 10.0. The van der Waals surface area contributed by atoms with Gasteiger partial charge in [0, 0.05) is 33.6 Å². The second kappa shape index (κ2) is 8.54. The lowest BCUT2D eigenvalue weighted by Gasteiger charge is -2.41. The first-order valence-electron chi connectivity index (χ1n) is 11.1. The molecule has 12 heteroatoms. The Labute approximate surface area is 201 Å². The van der Waals surface area contributed by atoms with Crippen molar-refractivity contribution in [2.75, 3.05) is 18.1 Å². The summed E-state index contributed by atoms with van der Waals surface area (Å²) in [4.78, 5) is 26.4. The van der Waals surface area contributed by atoms with Gasteiger partial charge in [-0.2, -0.15) is 10.4 Å². The molecule has 4 aromatic rings. The summed E-state index contributed by atoms with van der Waals surface area (Å²) in [6.07, 6.45) is 5.72. The molecule has 1 aliphatic rings. The Morgan fingerprint density at radius 1 is 1.35 bits per heavy atom. The van der Waals surface area contributed by atoms with Crippen LogP contribution in [0.3, 0.4) is 0 Å². The molecule has 1 N–H and O–H groups in total. The van der Waals surface area contributed by atoms with Crippen molar-refractivity contribution in [3.05, 3.63) is 51.6 Å². The lowest BCUT2D eigenvalue weighted by Crippen LogP contribution is -2.43. The highest BCUT2D eigenvalue weighted by Gasteiger charge is 2.35. The molecule has 0 radical (unpaired) electrons. The molecule has 1 atom stereocenters. The van der Waals surface area contributed by atoms with E-state index in [1.807, 2.05) is 9.47 Å². The fraction of sp³-hybridized carbons (Fsp3) is 0.409. The van der Waals surface area contributed by atoms with Crippen LogP contribution in [-0.4, -0.2) is 50.4 Å². The van der Waals surface area contributed by atoms with Gasteiger partial charge in [0.05, 0.1) is 22.0 Å². The van der Waals surface area contributed by atoms with Gasteiger partial charge in [-0.3, -0.25) is 4.79 Å². The lowest BCUT2D eigenvalue weighted by molar-refractivity contribution is 0.0898. The minimum absolute atomic E-state index is 0.181. The molecule has 5 heterocycles. The Morgan fingerprint density at radius 3 is 2.88 bits per heavy atom. The van der Waals surface area contributed by atoms with Gasteiger partial charge in [-0.1, -0.05) is 31.2 Å². The van der Waals surface area contributed by atoms with Crippen LogP contribution in [0.4, 0.5) is 5.82 Å². The molecule has 1 fully saturated rings. The van der Waals surface area contributed by atoms with E-state index in [0.29, 0.717) is 58.7 Å². The topological polar surface area (TPSA) is 117 Å². The van der Waals surface area contributed by atoms with Gasteiger partial charge in [0.1, 0.15) is 36.1 Å². The number of anilines is 1. The first-order chi connectivity index (χ1) is 16.3. The fourth-order valence-corrected chi connectivity index (χ4v) is 5.12. The van der Waals surface area contributed by atoms with Gasteiger partial charge in [0.25, 0.3) is 5.56 Å². The number of nitrogens with one attached hydrogen (secondary N) is 1. The number of rotatable bonds is 7. The number of fused-ring (bicyclic) bond motifs is 2. The third kappa shape index (κ3) is 3.98. The zero-order valence-electron chi connectivity index (χ0n) is 19.2. The van der Waals surface area contributed by atoms with Crippen molar-refractivity contribution in [3.8, 4) is 6.07 Å². The zero-order chi connectivity index (χ0) is 24.0. The summed E-state index contributed by atoms with van der Waals surface area (Å²) in [5.41, 5.74) is 1.16. The maximum atomic E-state index is 12.6. The number of hydrogen-bond acceptors (Lipinski definition) is 7. The van der Waals surface area contributed by atoms with E-state index < -0.39 is 8.07 Å². The van der Waals surface area contributed by atoms with Crippen LogP contribution in [0.1, 0.15) is 23.9 Å². The second-order valence-electron chi connectivity index (χ2n) is 9.66. The number of hydrogen-bond donors (Lipinski definition) is 1. The van der Waals surface area contributed by atoms with Crippen LogP contribution < -0.4 is 10.5 Å². The predicted octanol–water partition coefficient (Wildman–Crippen LogP) is 3.56. The van der Waals surface area contributed by atoms with Crippen molar-refractivity contribution < 1.29 is 4.74 Å². The van der Waals surface area contributed by atoms with E-state index in [1.165, 1.54) is 10.8 Å². The van der Waals surface area contributed by atoms with Gasteiger partial charge < -0.3 is 19.2 Å². The van der Waals surface area contributed by atoms with Crippen molar-refractivity contribution in [1.82, 2.24) is 29.1 Å². The van der Waals surface area contributed by atoms with Crippen LogP contribution in [0.5, 0.6) is 0 Å². The monoisotopic (exact) mass is 496 g/mol. The minimum atomic E-state index is -1.19. The fourth-order valence-electron chi connectivity index (χ4n) is 4.14. The summed E-state index contributed by atoms with van der Waals surface area (Å²) in [6, 6.07) is 4.80. The van der Waals surface area contributed by atoms with E-state index in [4.69, 9.17) is 16.3 Å². The summed E-state index contributed by atoms with van der Waals surface area (Å²) in [5, 5.41) is 15.4. The molecular formula is C22H25ClN8O2Si. The molecule has 1 saturated heterocycles. The molecule has 1 aliphatic heterocycles. The Hall–Kier alpha value is -3.20. The molecule has 0 unspecified atom stereocenters. The maximum absolute atomic E-state index is 12.6. The highest BCUT2D eigenvalue weighted by atomic mass is 35.5. The van der Waals surface area contributed by atoms with Gasteiger partial charge in [-0.15, -0.1) is 0 Å². The summed E-state index contributed by atoms with van der Waals surface area (Å²) in [7, 11) is -1.19. The summed E-state index contributed by atoms with van der Waals surface area (Å²) in [5.74, 6) is 1.17. The van der Waals surface area contributed by atoms with E-state index >= 15 is 0 Å². The number of nitriles is 1. The average Bonchev–Trinajstić information content (AvgIpc) is 3.31. The van der Waals surface area contributed by atoms with Crippen molar-refractivity contribution in [1.29, 1.82) is 5.26 Å². The largest absolute Gasteiger partial charge is 0.361 e. The Bertz CT molecular complexity index is 1480. The standard InChI is InChI=1S/C22H25ClN8O2Si/c1-34(2,3)9-8-33-13-29-11-14(10-24)17-20(29)25-12-26-21(17)30-6-5-16(30)19-27-22(32)18-15(23)4-7-31(18)28-19/h4,7,11-12,16H,5-6,8-9,13H2,1-3H3,(H,27,28,32)/t16-/m0/s1. The van der Waals surface area contributed by atoms with Gasteiger partial charge in [0.15, 0.2) is 5.82 Å². The van der Waals surface area contributed by atoms with Crippen LogP contribution in [0.25, 0.3) is 16.6 Å². The number of aromatic amines is 1. The highest BCUT2D eigenvalue weighted by molar-refractivity contribution is 6.76. The number of nitrogens with zero attached hydrogens (tertiary/aromatic N) is 7. The van der Waals surface area contributed by atoms with Crippen molar-refractivity contribution >= 4 is 42.0 Å². The molecule has 0 saturated carbocycles. The van der Waals surface area contributed by atoms with Crippen LogP contribution in [0.15, 0.2) is 29.6 Å². The second-order valence-corrected chi connectivity index (χ2v) is 15.7. The molecule has 0 bridgehead atoms. The van der Waals surface area contributed by atoms with Gasteiger partial charge in [-0.25, -0.2) is 14.5 Å². The molecule has 0 spiro atoms. The molecule has 34 heavy (non-hydrogen) atoms. The van der Waals surface area contributed by atoms with E-state index in [1.54, 1.807) is 18.5 Å². The molecule has 0 aromatic carbocycles. The molecular weight excluding hydrogens is 472 g/mol. The summed E-state index contributed by atoms with van der Waals surface area (Å²) in [6.45, 7) is 8.64. The van der Waals surface area contributed by atoms with Crippen LogP contribution in [-0.2, 0) is 11.5 Å². The van der Waals surface area contributed by atoms with Crippen molar-refractivity contribution in [2.24, 2.45) is 0 Å². The Morgan fingerprint density at radius 2 is 2.18 bits per heavy atom. The smallest absolute Gasteiger partial charge is 0.276 e. The average molecular weight is 497 g/mol. The number of aromatic nitrogens is 6. The van der Waals surface area contributed by atoms with Crippen molar-refractivity contribution in [3.63, 3.8) is 0 Å². The predicted molar refractivity (Wildman–Crippen MR) is 132 cm³/mol. The highest BCUT2D eigenvalue weighted by Crippen LogP contribution is 2.39. The van der Waals surface area contributed by atoms with Crippen LogP contribution in [0.2, 0.25) is 30.7 Å². The molecule has 5 rings (SSSR count). The van der Waals surface area contributed by atoms with Crippen LogP contribution in [0, 0.1) is 11.3 Å². The normalized spacial score (nSPS) is 16.2. The van der Waals surface area contributed by atoms with Crippen LogP contribution >= 0.6 is 11.6 Å². The van der Waals surface area contributed by atoms with E-state index in [2.05, 4.69) is 45.8 Å². The Balaban J connectivity index is 1.47. The molecule has 0 aliphatic carbocycles. The summed E-state index contributed by atoms with van der Waals surface area (Å²) >= 11 is 6.10. The molecule has 0 amide bonds. The molecule has 4 aromatic heterocycles. The van der Waals surface area contributed by atoms with Gasteiger partial charge in [0.2, 0.25) is 0 Å². The first kappa shape index (κ1) is 22.6. The third-order valence-corrected chi connectivity index (χ3v) is 8.09. The van der Waals surface area contributed by atoms with Gasteiger partial charge >= 0.3 is 0 Å². The third-order valence-electron chi connectivity index (χ3n) is 6.08. The van der Waals surface area contributed by atoms with E-state index in [-0.39, 0.29) is 11.6 Å². The van der Waals surface area contributed by atoms with Gasteiger partial charge in [-0.05, 0) is 18.5 Å². The SMILES string of the molecule is C[Si](C)(C)CCOCn1cc(C#N)c2c(N3CC[C@H]3c3nn4ccc(Cl)c4c(=O)[nH]3)ncnc21. The van der Waals surface area contributed by atoms with E-state index in [0.717, 1.165) is 12.5 Å². The minimum Gasteiger partial charge on any atom is -0.361 e. The summed E-state index contributed by atoms with van der Waals surface area (Å²) < 4.78 is 9.25. The zero-order valence-corrected chi connectivity index (χ0v) is 21.0. The first-order valence-corrected chi connectivity index (χ1v) is 15.2. The number of halogens is 1. The maximum Gasteiger partial charge on any atom is 0.276 e. The Kier molecular flexibility index (Phi) is 5.67. The molecule has 176 valence electrons. The number of H-pyrrole nitrogens is 1. The van der Waals surface area contributed by atoms with Crippen molar-refractivity contribution in [2.45, 2.75) is 44.9 Å². The molecule has 10 nitrogen and oxygen atoms in total.